The minimum absolute atomic E-state index is 0.119. The van der Waals surface area contributed by atoms with Crippen molar-refractivity contribution in [2.24, 2.45) is 5.92 Å². The molecule has 2 aromatic carbocycles. The number of benzene rings is 2. The molecule has 0 N–H and O–H groups in total. The lowest BCUT2D eigenvalue weighted by Crippen LogP contribution is -2.26. The molecule has 0 radical (unpaired) electrons. The van der Waals surface area contributed by atoms with E-state index in [1.807, 2.05) is 18.5 Å². The van der Waals surface area contributed by atoms with Crippen LogP contribution in [0.25, 0.3) is 10.8 Å². The fraction of sp³-hybridized carbons (Fsp3) is 0.474. The van der Waals surface area contributed by atoms with Crippen molar-refractivity contribution in [3.8, 4) is 0 Å². The van der Waals surface area contributed by atoms with Crippen LogP contribution in [0.2, 0.25) is 0 Å². The topological polar surface area (TPSA) is 38.8 Å². The van der Waals surface area contributed by atoms with E-state index in [1.165, 1.54) is 22.8 Å². The van der Waals surface area contributed by atoms with Gasteiger partial charge in [0.15, 0.2) is 0 Å². The molecule has 2 aromatic rings. The van der Waals surface area contributed by atoms with Gasteiger partial charge in [-0.3, -0.25) is 9.05 Å². The Bertz CT molecular complexity index is 798. The highest BCUT2D eigenvalue weighted by Gasteiger charge is 2.63. The predicted molar refractivity (Wildman–Crippen MR) is 96.2 cm³/mol. The maximum atomic E-state index is 13.0. The van der Waals surface area contributed by atoms with Gasteiger partial charge in [-0.2, -0.15) is 0 Å². The van der Waals surface area contributed by atoms with Crippen LogP contribution in [0.1, 0.15) is 25.8 Å². The van der Waals surface area contributed by atoms with Crippen molar-refractivity contribution in [3.05, 3.63) is 48.0 Å². The normalized spacial score (nSPS) is 26.7. The lowest BCUT2D eigenvalue weighted by atomic mass is 9.93. The van der Waals surface area contributed by atoms with Gasteiger partial charge in [-0.1, -0.05) is 42.5 Å². The molecule has 4 rings (SSSR count). The summed E-state index contributed by atoms with van der Waals surface area (Å²) in [5, 5.41) is 2.53. The SMILES string of the molecule is CCOP(=O)(OCC)N1C[C@H]2C[C@@]2(c2ccc3ccccc3c2)C1. The van der Waals surface area contributed by atoms with E-state index in [-0.39, 0.29) is 5.41 Å². The Labute approximate surface area is 143 Å². The van der Waals surface area contributed by atoms with Crippen LogP contribution in [0.4, 0.5) is 0 Å². The van der Waals surface area contributed by atoms with Crippen molar-refractivity contribution in [2.75, 3.05) is 26.3 Å². The minimum Gasteiger partial charge on any atom is -0.297 e. The van der Waals surface area contributed by atoms with E-state index in [9.17, 15) is 4.57 Å². The molecule has 2 fully saturated rings. The molecular weight excluding hydrogens is 321 g/mol. The molecule has 24 heavy (non-hydrogen) atoms. The van der Waals surface area contributed by atoms with Gasteiger partial charge in [-0.25, -0.2) is 9.24 Å². The Kier molecular flexibility index (Phi) is 4.04. The fourth-order valence-corrected chi connectivity index (χ4v) is 5.99. The summed E-state index contributed by atoms with van der Waals surface area (Å²) in [5.41, 5.74) is 1.47. The van der Waals surface area contributed by atoms with Crippen molar-refractivity contribution in [1.29, 1.82) is 0 Å². The molecule has 0 bridgehead atoms. The van der Waals surface area contributed by atoms with E-state index in [2.05, 4.69) is 42.5 Å². The van der Waals surface area contributed by atoms with Gasteiger partial charge in [0.05, 0.1) is 13.2 Å². The maximum absolute atomic E-state index is 13.0. The molecule has 1 aliphatic heterocycles. The van der Waals surface area contributed by atoms with Gasteiger partial charge in [0.2, 0.25) is 0 Å². The zero-order valence-electron chi connectivity index (χ0n) is 14.3. The molecule has 2 aliphatic rings. The maximum Gasteiger partial charge on any atom is 0.408 e. The number of piperidine rings is 1. The van der Waals surface area contributed by atoms with Gasteiger partial charge in [-0.05, 0) is 42.5 Å². The number of nitrogens with zero attached hydrogens (tertiary/aromatic N) is 1. The second-order valence-corrected chi connectivity index (χ2v) is 8.79. The summed E-state index contributed by atoms with van der Waals surface area (Å²) >= 11 is 0. The molecule has 0 unspecified atom stereocenters. The summed E-state index contributed by atoms with van der Waals surface area (Å²) in [6, 6.07) is 15.2. The van der Waals surface area contributed by atoms with E-state index in [0.29, 0.717) is 19.1 Å². The summed E-state index contributed by atoms with van der Waals surface area (Å²) in [4.78, 5) is 0. The van der Waals surface area contributed by atoms with Crippen molar-refractivity contribution < 1.29 is 13.6 Å². The van der Waals surface area contributed by atoms with Gasteiger partial charge >= 0.3 is 7.75 Å². The third-order valence-corrected chi connectivity index (χ3v) is 7.55. The molecule has 2 atom stereocenters. The van der Waals surface area contributed by atoms with Gasteiger partial charge in [0.25, 0.3) is 0 Å². The summed E-state index contributed by atoms with van der Waals surface area (Å²) < 4.78 is 26.1. The van der Waals surface area contributed by atoms with Crippen LogP contribution in [-0.2, 0) is 19.0 Å². The molecule has 1 saturated heterocycles. The monoisotopic (exact) mass is 345 g/mol. The molecular formula is C19H24NO3P. The predicted octanol–water partition coefficient (Wildman–Crippen LogP) is 4.59. The third kappa shape index (κ3) is 2.53. The molecule has 1 saturated carbocycles. The standard InChI is InChI=1S/C19H24NO3P/c1-3-22-24(21,23-4-2)20-13-18-12-19(18,14-20)17-10-9-15-7-5-6-8-16(15)11-17/h5-11,18H,3-4,12-14H2,1-2H3/t18-,19+/m1/s1. The van der Waals surface area contributed by atoms with Gasteiger partial charge in [0, 0.05) is 18.5 Å². The Morgan fingerprint density at radius 1 is 1.12 bits per heavy atom. The van der Waals surface area contributed by atoms with E-state index in [4.69, 9.17) is 9.05 Å². The molecule has 128 valence electrons. The molecule has 5 heteroatoms. The van der Waals surface area contributed by atoms with Crippen LogP contribution < -0.4 is 0 Å². The summed E-state index contributed by atoms with van der Waals surface area (Å²) in [6.07, 6.45) is 1.17. The van der Waals surface area contributed by atoms with Crippen LogP contribution in [0.3, 0.4) is 0 Å². The fourth-order valence-electron chi connectivity index (χ4n) is 4.12. The molecule has 0 amide bonds. The molecule has 0 aromatic heterocycles. The zero-order valence-corrected chi connectivity index (χ0v) is 15.2. The lowest BCUT2D eigenvalue weighted by molar-refractivity contribution is 0.171. The summed E-state index contributed by atoms with van der Waals surface area (Å²) in [7, 11) is -3.15. The highest BCUT2D eigenvalue weighted by Crippen LogP contribution is 2.66. The Morgan fingerprint density at radius 3 is 2.54 bits per heavy atom. The van der Waals surface area contributed by atoms with Crippen LogP contribution in [0.5, 0.6) is 0 Å². The number of hydrogen-bond donors (Lipinski definition) is 0. The van der Waals surface area contributed by atoms with E-state index < -0.39 is 7.75 Å². The van der Waals surface area contributed by atoms with Crippen molar-refractivity contribution in [2.45, 2.75) is 25.7 Å². The Morgan fingerprint density at radius 2 is 1.83 bits per heavy atom. The van der Waals surface area contributed by atoms with E-state index in [0.717, 1.165) is 13.1 Å². The average molecular weight is 345 g/mol. The first kappa shape index (κ1) is 16.3. The smallest absolute Gasteiger partial charge is 0.297 e. The Hall–Kier alpha value is -1.19. The third-order valence-electron chi connectivity index (χ3n) is 5.38. The zero-order chi connectivity index (χ0) is 16.8. The highest BCUT2D eigenvalue weighted by atomic mass is 31.2. The number of rotatable bonds is 6. The number of hydrogen-bond acceptors (Lipinski definition) is 3. The first-order valence-electron chi connectivity index (χ1n) is 8.75. The van der Waals surface area contributed by atoms with Crippen LogP contribution in [0, 0.1) is 5.92 Å². The first-order valence-corrected chi connectivity index (χ1v) is 10.2. The van der Waals surface area contributed by atoms with Gasteiger partial charge in [-0.15, -0.1) is 0 Å². The molecule has 4 nitrogen and oxygen atoms in total. The van der Waals surface area contributed by atoms with Crippen molar-refractivity contribution >= 4 is 18.5 Å². The van der Waals surface area contributed by atoms with Gasteiger partial charge in [0.1, 0.15) is 0 Å². The largest absolute Gasteiger partial charge is 0.408 e. The van der Waals surface area contributed by atoms with Gasteiger partial charge < -0.3 is 0 Å². The summed E-state index contributed by atoms with van der Waals surface area (Å²) in [5.74, 6) is 0.549. The minimum atomic E-state index is -3.15. The van der Waals surface area contributed by atoms with E-state index >= 15 is 0 Å². The van der Waals surface area contributed by atoms with E-state index in [1.54, 1.807) is 0 Å². The molecule has 1 aliphatic carbocycles. The van der Waals surface area contributed by atoms with Crippen molar-refractivity contribution in [1.82, 2.24) is 4.67 Å². The second-order valence-electron chi connectivity index (χ2n) is 6.77. The van der Waals surface area contributed by atoms with Crippen LogP contribution in [0.15, 0.2) is 42.5 Å². The lowest BCUT2D eigenvalue weighted by Gasteiger charge is -2.28. The molecule has 0 spiro atoms. The van der Waals surface area contributed by atoms with Crippen molar-refractivity contribution in [3.63, 3.8) is 0 Å². The summed E-state index contributed by atoms with van der Waals surface area (Å²) in [6.45, 7) is 6.09. The van der Waals surface area contributed by atoms with Crippen LogP contribution >= 0.6 is 7.75 Å². The molecule has 1 heterocycles. The Balaban J connectivity index is 1.62. The van der Waals surface area contributed by atoms with Crippen LogP contribution in [-0.4, -0.2) is 31.0 Å². The highest BCUT2D eigenvalue weighted by molar-refractivity contribution is 7.51. The first-order chi connectivity index (χ1) is 11.6. The quantitative estimate of drug-likeness (QED) is 0.718. The average Bonchev–Trinajstić information content (AvgIpc) is 3.16. The number of fused-ring (bicyclic) bond motifs is 2. The second kappa shape index (κ2) is 5.96.